The van der Waals surface area contributed by atoms with Gasteiger partial charge in [-0.2, -0.15) is 0 Å². The molecule has 0 atom stereocenters. The van der Waals surface area contributed by atoms with E-state index >= 15 is 0 Å². The van der Waals surface area contributed by atoms with E-state index in [2.05, 4.69) is 26.2 Å². The molecule has 5 heteroatoms. The van der Waals surface area contributed by atoms with E-state index < -0.39 is 0 Å². The predicted molar refractivity (Wildman–Crippen MR) is 92.3 cm³/mol. The SMILES string of the molecule is S=C1CN=C(c2ccccc2Br)c2cc(Cl)ccc2N1. The Morgan fingerprint density at radius 2 is 1.95 bits per heavy atom. The summed E-state index contributed by atoms with van der Waals surface area (Å²) in [7, 11) is 0. The van der Waals surface area contributed by atoms with E-state index in [-0.39, 0.29) is 0 Å². The third-order valence-electron chi connectivity index (χ3n) is 3.02. The first-order valence-corrected chi connectivity index (χ1v) is 7.62. The van der Waals surface area contributed by atoms with Crippen LogP contribution in [0.4, 0.5) is 5.69 Å². The molecule has 0 amide bonds. The minimum Gasteiger partial charge on any atom is -0.348 e. The number of nitrogens with one attached hydrogen (secondary N) is 1. The molecule has 3 rings (SSSR count). The summed E-state index contributed by atoms with van der Waals surface area (Å²) < 4.78 is 0.998. The molecular weight excluding hydrogens is 356 g/mol. The van der Waals surface area contributed by atoms with Crippen molar-refractivity contribution in [3.63, 3.8) is 0 Å². The van der Waals surface area contributed by atoms with E-state index in [4.69, 9.17) is 23.8 Å². The molecule has 100 valence electrons. The van der Waals surface area contributed by atoms with Crippen LogP contribution in [0.2, 0.25) is 5.02 Å². The number of halogens is 2. The Bertz CT molecular complexity index is 728. The van der Waals surface area contributed by atoms with Crippen molar-refractivity contribution in [3.05, 3.63) is 63.1 Å². The molecule has 0 radical (unpaired) electrons. The van der Waals surface area contributed by atoms with Crippen LogP contribution in [0.15, 0.2) is 51.9 Å². The van der Waals surface area contributed by atoms with Crippen LogP contribution in [0.3, 0.4) is 0 Å². The van der Waals surface area contributed by atoms with Gasteiger partial charge in [0.15, 0.2) is 0 Å². The summed E-state index contributed by atoms with van der Waals surface area (Å²) in [6.45, 7) is 0.471. The molecule has 1 heterocycles. The summed E-state index contributed by atoms with van der Waals surface area (Å²) in [5.74, 6) is 0. The van der Waals surface area contributed by atoms with Gasteiger partial charge in [0.05, 0.1) is 12.3 Å². The third kappa shape index (κ3) is 2.64. The van der Waals surface area contributed by atoms with Gasteiger partial charge < -0.3 is 5.32 Å². The first kappa shape index (κ1) is 13.7. The van der Waals surface area contributed by atoms with E-state index in [1.54, 1.807) is 0 Å². The zero-order valence-corrected chi connectivity index (χ0v) is 13.5. The zero-order valence-electron chi connectivity index (χ0n) is 10.4. The predicted octanol–water partition coefficient (Wildman–Crippen LogP) is 4.69. The number of aliphatic imine (C=N–C) groups is 1. The maximum Gasteiger partial charge on any atom is 0.102 e. The molecule has 2 aromatic carbocycles. The van der Waals surface area contributed by atoms with Crippen molar-refractivity contribution >= 4 is 56.1 Å². The molecule has 0 saturated heterocycles. The molecule has 0 aliphatic carbocycles. The van der Waals surface area contributed by atoms with Gasteiger partial charge in [0.2, 0.25) is 0 Å². The van der Waals surface area contributed by atoms with Crippen LogP contribution in [-0.2, 0) is 0 Å². The van der Waals surface area contributed by atoms with Gasteiger partial charge in [-0.25, -0.2) is 0 Å². The molecular formula is C15H10BrClN2S. The lowest BCUT2D eigenvalue weighted by atomic mass is 10.0. The minimum absolute atomic E-state index is 0.471. The molecule has 0 spiro atoms. The molecule has 2 nitrogen and oxygen atoms in total. The highest BCUT2D eigenvalue weighted by Crippen LogP contribution is 2.28. The average Bonchev–Trinajstić information content (AvgIpc) is 2.58. The summed E-state index contributed by atoms with van der Waals surface area (Å²) >= 11 is 15.0. The van der Waals surface area contributed by atoms with Crippen LogP contribution < -0.4 is 5.32 Å². The standard InChI is InChI=1S/C15H10BrClN2S/c16-12-4-2-1-3-10(12)15-11-7-9(17)5-6-13(11)19-14(20)8-18-15/h1-7H,8H2,(H,19,20). The van der Waals surface area contributed by atoms with Crippen molar-refractivity contribution in [1.29, 1.82) is 0 Å². The number of thiocarbonyl (C=S) groups is 1. The Labute approximate surface area is 136 Å². The van der Waals surface area contributed by atoms with Gasteiger partial charge in [-0.15, -0.1) is 0 Å². The normalized spacial score (nSPS) is 14.1. The number of hydrogen-bond donors (Lipinski definition) is 1. The summed E-state index contributed by atoms with van der Waals surface area (Å²) in [6.07, 6.45) is 0. The van der Waals surface area contributed by atoms with Crippen molar-refractivity contribution in [2.24, 2.45) is 4.99 Å². The van der Waals surface area contributed by atoms with Gasteiger partial charge in [0.25, 0.3) is 0 Å². The maximum absolute atomic E-state index is 6.13. The lowest BCUT2D eigenvalue weighted by Gasteiger charge is -2.12. The fourth-order valence-corrected chi connectivity index (χ4v) is 2.95. The second-order valence-electron chi connectivity index (χ2n) is 4.38. The fourth-order valence-electron chi connectivity index (χ4n) is 2.13. The van der Waals surface area contributed by atoms with Crippen molar-refractivity contribution in [2.45, 2.75) is 0 Å². The molecule has 1 aliphatic rings. The highest BCUT2D eigenvalue weighted by Gasteiger charge is 2.18. The lowest BCUT2D eigenvalue weighted by Crippen LogP contribution is -2.10. The highest BCUT2D eigenvalue weighted by atomic mass is 79.9. The Kier molecular flexibility index (Phi) is 3.87. The van der Waals surface area contributed by atoms with E-state index in [0.29, 0.717) is 16.6 Å². The summed E-state index contributed by atoms with van der Waals surface area (Å²) in [4.78, 5) is 5.35. The average molecular weight is 366 g/mol. The molecule has 0 bridgehead atoms. The van der Waals surface area contributed by atoms with E-state index in [1.165, 1.54) is 0 Å². The second-order valence-corrected chi connectivity index (χ2v) is 6.17. The van der Waals surface area contributed by atoms with Crippen molar-refractivity contribution in [2.75, 3.05) is 11.9 Å². The number of fused-ring (bicyclic) bond motifs is 1. The first-order chi connectivity index (χ1) is 9.65. The van der Waals surface area contributed by atoms with Crippen LogP contribution in [0.1, 0.15) is 11.1 Å². The fraction of sp³-hybridized carbons (Fsp3) is 0.0667. The summed E-state index contributed by atoms with van der Waals surface area (Å²) in [5, 5.41) is 3.89. The van der Waals surface area contributed by atoms with E-state index in [0.717, 1.165) is 27.0 Å². The van der Waals surface area contributed by atoms with Gasteiger partial charge >= 0.3 is 0 Å². The molecule has 0 aromatic heterocycles. The molecule has 1 N–H and O–H groups in total. The summed E-state index contributed by atoms with van der Waals surface area (Å²) in [6, 6.07) is 13.7. The lowest BCUT2D eigenvalue weighted by molar-refractivity contribution is 1.31. The van der Waals surface area contributed by atoms with Crippen molar-refractivity contribution in [1.82, 2.24) is 0 Å². The molecule has 1 aliphatic heterocycles. The number of nitrogens with zero attached hydrogens (tertiary/aromatic N) is 1. The monoisotopic (exact) mass is 364 g/mol. The molecule has 0 unspecified atom stereocenters. The minimum atomic E-state index is 0.471. The van der Waals surface area contributed by atoms with Crippen molar-refractivity contribution < 1.29 is 0 Å². The summed E-state index contributed by atoms with van der Waals surface area (Å²) in [5.41, 5.74) is 3.82. The Hall–Kier alpha value is -1.23. The van der Waals surface area contributed by atoms with E-state index in [9.17, 15) is 0 Å². The van der Waals surface area contributed by atoms with Crippen molar-refractivity contribution in [3.8, 4) is 0 Å². The topological polar surface area (TPSA) is 24.4 Å². The van der Waals surface area contributed by atoms with Crippen LogP contribution in [0.25, 0.3) is 0 Å². The number of benzene rings is 2. The Morgan fingerprint density at radius 1 is 1.15 bits per heavy atom. The third-order valence-corrected chi connectivity index (χ3v) is 4.18. The van der Waals surface area contributed by atoms with Gasteiger partial charge in [-0.1, -0.05) is 57.9 Å². The molecule has 2 aromatic rings. The number of anilines is 1. The van der Waals surface area contributed by atoms with E-state index in [1.807, 2.05) is 42.5 Å². The smallest absolute Gasteiger partial charge is 0.102 e. The largest absolute Gasteiger partial charge is 0.348 e. The molecule has 0 saturated carbocycles. The molecule has 20 heavy (non-hydrogen) atoms. The van der Waals surface area contributed by atoms with Crippen LogP contribution in [-0.4, -0.2) is 17.2 Å². The molecule has 0 fully saturated rings. The van der Waals surface area contributed by atoms with Crippen LogP contribution in [0.5, 0.6) is 0 Å². The van der Waals surface area contributed by atoms with Gasteiger partial charge in [-0.3, -0.25) is 4.99 Å². The van der Waals surface area contributed by atoms with Gasteiger partial charge in [0.1, 0.15) is 4.99 Å². The van der Waals surface area contributed by atoms with Gasteiger partial charge in [-0.05, 0) is 24.3 Å². The number of hydrogen-bond acceptors (Lipinski definition) is 2. The Morgan fingerprint density at radius 3 is 2.75 bits per heavy atom. The number of rotatable bonds is 1. The van der Waals surface area contributed by atoms with Crippen LogP contribution >= 0.6 is 39.7 Å². The second kappa shape index (κ2) is 5.64. The number of benzodiazepines with no additional fused rings is 1. The van der Waals surface area contributed by atoms with Crippen LogP contribution in [0, 0.1) is 0 Å². The maximum atomic E-state index is 6.13. The quantitative estimate of drug-likeness (QED) is 0.741. The highest BCUT2D eigenvalue weighted by molar-refractivity contribution is 9.10. The first-order valence-electron chi connectivity index (χ1n) is 6.04. The zero-order chi connectivity index (χ0) is 14.1. The van der Waals surface area contributed by atoms with Gasteiger partial charge in [0, 0.05) is 26.3 Å². The Balaban J connectivity index is 2.23.